The summed E-state index contributed by atoms with van der Waals surface area (Å²) in [7, 11) is 0. The maximum absolute atomic E-state index is 12.0. The second-order valence-electron chi connectivity index (χ2n) is 5.55. The molecule has 18 heavy (non-hydrogen) atoms. The summed E-state index contributed by atoms with van der Waals surface area (Å²) in [6.07, 6.45) is 6.59. The van der Waals surface area contributed by atoms with E-state index in [1.54, 1.807) is 0 Å². The van der Waals surface area contributed by atoms with E-state index in [9.17, 15) is 4.79 Å². The van der Waals surface area contributed by atoms with E-state index < -0.39 is 5.54 Å². The first kappa shape index (κ1) is 11.7. The number of nitrogens with one attached hydrogen (secondary N) is 1. The van der Waals surface area contributed by atoms with Crippen LogP contribution in [0.1, 0.15) is 43.2 Å². The fraction of sp³-hybridized carbons (Fsp3) is 0.533. The van der Waals surface area contributed by atoms with Gasteiger partial charge in [0.15, 0.2) is 0 Å². The van der Waals surface area contributed by atoms with E-state index >= 15 is 0 Å². The van der Waals surface area contributed by atoms with Gasteiger partial charge in [0.2, 0.25) is 5.91 Å². The first-order chi connectivity index (χ1) is 8.72. The van der Waals surface area contributed by atoms with Crippen LogP contribution in [0.15, 0.2) is 24.3 Å². The topological polar surface area (TPSA) is 55.1 Å². The molecule has 1 aromatic carbocycles. The van der Waals surface area contributed by atoms with Gasteiger partial charge in [-0.1, -0.05) is 37.1 Å². The monoisotopic (exact) mass is 244 g/mol. The molecule has 2 aliphatic rings. The van der Waals surface area contributed by atoms with Crippen LogP contribution in [0.3, 0.4) is 0 Å². The molecule has 0 heterocycles. The van der Waals surface area contributed by atoms with Gasteiger partial charge in [-0.3, -0.25) is 10.1 Å². The van der Waals surface area contributed by atoms with E-state index in [1.165, 1.54) is 18.4 Å². The number of hydrogen-bond acceptors (Lipinski definition) is 2. The lowest BCUT2D eigenvalue weighted by atomic mass is 9.89. The molecular weight excluding hydrogens is 224 g/mol. The SMILES string of the molecule is NC(=O)C1(NC2CCCC2)CCc2ccccc21. The molecular formula is C15H20N2O. The molecule has 96 valence electrons. The Morgan fingerprint density at radius 3 is 2.72 bits per heavy atom. The highest BCUT2D eigenvalue weighted by atomic mass is 16.1. The number of benzene rings is 1. The second kappa shape index (κ2) is 4.39. The fourth-order valence-corrected chi connectivity index (χ4v) is 3.51. The summed E-state index contributed by atoms with van der Waals surface area (Å²) in [5.74, 6) is -0.223. The molecule has 1 unspecified atom stereocenters. The zero-order valence-electron chi connectivity index (χ0n) is 10.6. The number of primary amides is 1. The summed E-state index contributed by atoms with van der Waals surface area (Å²) in [4.78, 5) is 12.0. The molecule has 2 aliphatic carbocycles. The lowest BCUT2D eigenvalue weighted by Gasteiger charge is -2.31. The van der Waals surface area contributed by atoms with E-state index in [-0.39, 0.29) is 5.91 Å². The third-order valence-corrected chi connectivity index (χ3v) is 4.47. The molecule has 1 fully saturated rings. The van der Waals surface area contributed by atoms with Crippen LogP contribution in [0.4, 0.5) is 0 Å². The third kappa shape index (κ3) is 1.74. The molecule has 1 amide bonds. The summed E-state index contributed by atoms with van der Waals surface area (Å²) in [6, 6.07) is 8.64. The van der Waals surface area contributed by atoms with Crippen molar-refractivity contribution < 1.29 is 4.79 Å². The second-order valence-corrected chi connectivity index (χ2v) is 5.55. The Morgan fingerprint density at radius 2 is 2.00 bits per heavy atom. The van der Waals surface area contributed by atoms with Crippen molar-refractivity contribution in [2.24, 2.45) is 5.73 Å². The van der Waals surface area contributed by atoms with Gasteiger partial charge in [0.05, 0.1) is 0 Å². The van der Waals surface area contributed by atoms with Crippen molar-refractivity contribution in [3.05, 3.63) is 35.4 Å². The van der Waals surface area contributed by atoms with Crippen LogP contribution in [-0.2, 0) is 16.8 Å². The maximum Gasteiger partial charge on any atom is 0.242 e. The summed E-state index contributed by atoms with van der Waals surface area (Å²) in [6.45, 7) is 0. The summed E-state index contributed by atoms with van der Waals surface area (Å²) < 4.78 is 0. The van der Waals surface area contributed by atoms with Gasteiger partial charge in [0.1, 0.15) is 5.54 Å². The molecule has 0 aromatic heterocycles. The van der Waals surface area contributed by atoms with Crippen molar-refractivity contribution in [3.63, 3.8) is 0 Å². The van der Waals surface area contributed by atoms with Gasteiger partial charge in [-0.05, 0) is 36.8 Å². The highest BCUT2D eigenvalue weighted by Crippen LogP contribution is 2.38. The Bertz CT molecular complexity index is 465. The summed E-state index contributed by atoms with van der Waals surface area (Å²) in [5, 5.41) is 3.57. The molecule has 3 N–H and O–H groups in total. The van der Waals surface area contributed by atoms with Gasteiger partial charge in [-0.2, -0.15) is 0 Å². The summed E-state index contributed by atoms with van der Waals surface area (Å²) in [5.41, 5.74) is 7.47. The van der Waals surface area contributed by atoms with Gasteiger partial charge in [0, 0.05) is 6.04 Å². The summed E-state index contributed by atoms with van der Waals surface area (Å²) >= 11 is 0. The number of hydrogen-bond donors (Lipinski definition) is 2. The Morgan fingerprint density at radius 1 is 1.28 bits per heavy atom. The Hall–Kier alpha value is -1.35. The van der Waals surface area contributed by atoms with Crippen molar-refractivity contribution in [3.8, 4) is 0 Å². The fourth-order valence-electron chi connectivity index (χ4n) is 3.51. The molecule has 0 bridgehead atoms. The number of rotatable bonds is 3. The van der Waals surface area contributed by atoms with Gasteiger partial charge >= 0.3 is 0 Å². The van der Waals surface area contributed by atoms with Crippen LogP contribution in [-0.4, -0.2) is 11.9 Å². The molecule has 1 atom stereocenters. The number of carbonyl (C=O) groups is 1. The average Bonchev–Trinajstić information content (AvgIpc) is 2.99. The molecule has 3 heteroatoms. The predicted octanol–water partition coefficient (Wildman–Crippen LogP) is 1.85. The molecule has 0 spiro atoms. The minimum absolute atomic E-state index is 0.223. The highest BCUT2D eigenvalue weighted by molar-refractivity contribution is 5.87. The maximum atomic E-state index is 12.0. The van der Waals surface area contributed by atoms with E-state index in [0.717, 1.165) is 31.2 Å². The largest absolute Gasteiger partial charge is 0.368 e. The molecule has 1 saturated carbocycles. The van der Waals surface area contributed by atoms with Gasteiger partial charge in [-0.15, -0.1) is 0 Å². The molecule has 1 aromatic rings. The van der Waals surface area contributed by atoms with Gasteiger partial charge in [0.25, 0.3) is 0 Å². The van der Waals surface area contributed by atoms with E-state index in [4.69, 9.17) is 5.73 Å². The van der Waals surface area contributed by atoms with Crippen LogP contribution in [0.5, 0.6) is 0 Å². The van der Waals surface area contributed by atoms with Gasteiger partial charge < -0.3 is 5.73 Å². The number of fused-ring (bicyclic) bond motifs is 1. The van der Waals surface area contributed by atoms with Crippen LogP contribution in [0, 0.1) is 0 Å². The van der Waals surface area contributed by atoms with Crippen molar-refractivity contribution >= 4 is 5.91 Å². The normalized spacial score (nSPS) is 27.3. The Balaban J connectivity index is 1.95. The Kier molecular flexibility index (Phi) is 2.86. The number of aryl methyl sites for hydroxylation is 1. The van der Waals surface area contributed by atoms with Gasteiger partial charge in [-0.25, -0.2) is 0 Å². The average molecular weight is 244 g/mol. The number of amides is 1. The molecule has 3 rings (SSSR count). The lowest BCUT2D eigenvalue weighted by molar-refractivity contribution is -0.125. The van der Waals surface area contributed by atoms with Crippen molar-refractivity contribution in [1.82, 2.24) is 5.32 Å². The first-order valence-electron chi connectivity index (χ1n) is 6.88. The zero-order chi connectivity index (χ0) is 12.6. The van der Waals surface area contributed by atoms with Crippen molar-refractivity contribution in [1.29, 1.82) is 0 Å². The van der Waals surface area contributed by atoms with Crippen LogP contribution < -0.4 is 11.1 Å². The minimum Gasteiger partial charge on any atom is -0.368 e. The molecule has 3 nitrogen and oxygen atoms in total. The third-order valence-electron chi connectivity index (χ3n) is 4.47. The van der Waals surface area contributed by atoms with Crippen molar-refractivity contribution in [2.75, 3.05) is 0 Å². The Labute approximate surface area is 108 Å². The predicted molar refractivity (Wildman–Crippen MR) is 71.0 cm³/mol. The first-order valence-corrected chi connectivity index (χ1v) is 6.88. The lowest BCUT2D eigenvalue weighted by Crippen LogP contribution is -2.54. The minimum atomic E-state index is -0.619. The molecule has 0 saturated heterocycles. The van der Waals surface area contributed by atoms with E-state index in [1.807, 2.05) is 12.1 Å². The highest BCUT2D eigenvalue weighted by Gasteiger charge is 2.45. The standard InChI is InChI=1S/C15H20N2O/c16-14(18)15(17-12-6-2-3-7-12)10-9-11-5-1-4-8-13(11)15/h1,4-5,8,12,17H,2-3,6-7,9-10H2,(H2,16,18). The quantitative estimate of drug-likeness (QED) is 0.852. The smallest absolute Gasteiger partial charge is 0.242 e. The van der Waals surface area contributed by atoms with E-state index in [0.29, 0.717) is 6.04 Å². The van der Waals surface area contributed by atoms with E-state index in [2.05, 4.69) is 17.4 Å². The van der Waals surface area contributed by atoms with Crippen LogP contribution >= 0.6 is 0 Å². The zero-order valence-corrected chi connectivity index (χ0v) is 10.6. The van der Waals surface area contributed by atoms with Crippen LogP contribution in [0.2, 0.25) is 0 Å². The number of carbonyl (C=O) groups excluding carboxylic acids is 1. The number of nitrogens with two attached hydrogens (primary N) is 1. The van der Waals surface area contributed by atoms with Crippen LogP contribution in [0.25, 0.3) is 0 Å². The molecule has 0 aliphatic heterocycles. The van der Waals surface area contributed by atoms with Crippen molar-refractivity contribution in [2.45, 2.75) is 50.1 Å². The molecule has 0 radical (unpaired) electrons.